The van der Waals surface area contributed by atoms with Crippen LogP contribution in [0.25, 0.3) is 22.2 Å². The van der Waals surface area contributed by atoms with Crippen LogP contribution in [0.2, 0.25) is 0 Å². The van der Waals surface area contributed by atoms with E-state index in [0.29, 0.717) is 17.1 Å². The first kappa shape index (κ1) is 20.1. The maximum Gasteiger partial charge on any atom is 0.0712 e. The van der Waals surface area contributed by atoms with Crippen LogP contribution in [-0.2, 0) is 11.8 Å². The van der Waals surface area contributed by atoms with Crippen LogP contribution in [0.5, 0.6) is 0 Å². The molecule has 0 amide bonds. The van der Waals surface area contributed by atoms with Crippen molar-refractivity contribution in [2.45, 2.75) is 55.6 Å². The van der Waals surface area contributed by atoms with Gasteiger partial charge in [0.05, 0.1) is 11.2 Å². The molecule has 1 aliphatic carbocycles. The fourth-order valence-corrected chi connectivity index (χ4v) is 7.75. The highest BCUT2D eigenvalue weighted by Gasteiger charge is 2.52. The first-order valence-corrected chi connectivity index (χ1v) is 12.6. The van der Waals surface area contributed by atoms with Crippen molar-refractivity contribution in [1.29, 1.82) is 0 Å². The van der Waals surface area contributed by atoms with Crippen LogP contribution in [0.4, 0.5) is 0 Å². The summed E-state index contributed by atoms with van der Waals surface area (Å²) in [7, 11) is 0. The Hall–Kier alpha value is -2.58. The molecule has 2 heterocycles. The van der Waals surface area contributed by atoms with E-state index in [1.54, 1.807) is 0 Å². The van der Waals surface area contributed by atoms with E-state index in [1.807, 2.05) is 11.8 Å². The number of aromatic nitrogens is 1. The normalized spacial score (nSPS) is 20.4. The Kier molecular flexibility index (Phi) is 4.52. The van der Waals surface area contributed by atoms with Gasteiger partial charge in [-0.25, -0.2) is 4.98 Å². The van der Waals surface area contributed by atoms with E-state index in [1.165, 1.54) is 38.1 Å². The molecule has 0 saturated heterocycles. The molecular formula is C30H29NS. The van der Waals surface area contributed by atoms with Crippen molar-refractivity contribution in [3.8, 4) is 11.3 Å². The molecule has 0 saturated carbocycles. The van der Waals surface area contributed by atoms with E-state index in [4.69, 9.17) is 4.98 Å². The van der Waals surface area contributed by atoms with Crippen molar-refractivity contribution < 1.29 is 0 Å². The molecular weight excluding hydrogens is 406 g/mol. The van der Waals surface area contributed by atoms with Crippen LogP contribution >= 0.6 is 11.8 Å². The number of benzene rings is 3. The number of pyridine rings is 1. The van der Waals surface area contributed by atoms with E-state index in [0.717, 1.165) is 17.6 Å². The maximum absolute atomic E-state index is 5.14. The molecule has 0 fully saturated rings. The first-order chi connectivity index (χ1) is 15.4. The molecule has 32 heavy (non-hydrogen) atoms. The molecule has 2 atom stereocenters. The molecule has 0 spiro atoms. The average molecular weight is 436 g/mol. The molecule has 0 radical (unpaired) electrons. The van der Waals surface area contributed by atoms with Crippen LogP contribution in [0.15, 0.2) is 77.7 Å². The van der Waals surface area contributed by atoms with Gasteiger partial charge < -0.3 is 0 Å². The Morgan fingerprint density at radius 2 is 1.72 bits per heavy atom. The number of nitrogens with zero attached hydrogens (tertiary/aromatic N) is 1. The molecule has 160 valence electrons. The average Bonchev–Trinajstić information content (AvgIpc) is 3.27. The monoisotopic (exact) mass is 435 g/mol. The van der Waals surface area contributed by atoms with Gasteiger partial charge in [-0.15, -0.1) is 11.8 Å². The van der Waals surface area contributed by atoms with Gasteiger partial charge in [0.15, 0.2) is 0 Å². The summed E-state index contributed by atoms with van der Waals surface area (Å²) in [6.45, 7) is 9.41. The minimum Gasteiger partial charge on any atom is -0.248 e. The van der Waals surface area contributed by atoms with Gasteiger partial charge in [-0.1, -0.05) is 76.2 Å². The van der Waals surface area contributed by atoms with Gasteiger partial charge in [0.2, 0.25) is 0 Å². The van der Waals surface area contributed by atoms with Crippen molar-refractivity contribution in [2.75, 3.05) is 0 Å². The molecule has 2 aliphatic rings. The van der Waals surface area contributed by atoms with Crippen molar-refractivity contribution >= 4 is 22.7 Å². The molecule has 4 aromatic rings. The van der Waals surface area contributed by atoms with Gasteiger partial charge in [0.1, 0.15) is 0 Å². The molecule has 0 N–H and O–H groups in total. The summed E-state index contributed by atoms with van der Waals surface area (Å²) in [5.41, 5.74) is 9.43. The second-order valence-corrected chi connectivity index (χ2v) is 11.6. The van der Waals surface area contributed by atoms with Crippen LogP contribution in [-0.4, -0.2) is 4.98 Å². The molecule has 6 rings (SSSR count). The van der Waals surface area contributed by atoms with Gasteiger partial charge in [-0.3, -0.25) is 0 Å². The maximum atomic E-state index is 5.14. The van der Waals surface area contributed by atoms with Gasteiger partial charge in [-0.05, 0) is 64.3 Å². The second-order valence-electron chi connectivity index (χ2n) is 10.4. The van der Waals surface area contributed by atoms with E-state index >= 15 is 0 Å². The Balaban J connectivity index is 1.46. The minimum absolute atomic E-state index is 0.0634. The lowest BCUT2D eigenvalue weighted by Crippen LogP contribution is -2.22. The standard InChI is InChI=1S/C30H29NS/c1-18(2)16-19-12-14-24-20(17-19)13-15-25(31-24)21-9-7-10-23-27(21)30(3,4)28-22-8-5-6-11-26(22)32-29(23)28/h5-15,17-18,28-29H,16H2,1-4H3. The lowest BCUT2D eigenvalue weighted by molar-refractivity contribution is 0.446. The summed E-state index contributed by atoms with van der Waals surface area (Å²) in [5.74, 6) is 1.18. The van der Waals surface area contributed by atoms with Crippen molar-refractivity contribution in [3.05, 3.63) is 95.1 Å². The third-order valence-corrected chi connectivity index (χ3v) is 8.72. The fourth-order valence-electron chi connectivity index (χ4n) is 6.04. The smallest absolute Gasteiger partial charge is 0.0712 e. The lowest BCUT2D eigenvalue weighted by Gasteiger charge is -2.29. The molecule has 2 unspecified atom stereocenters. The molecule has 0 bridgehead atoms. The first-order valence-electron chi connectivity index (χ1n) is 11.7. The zero-order chi connectivity index (χ0) is 22.0. The second kappa shape index (κ2) is 7.22. The topological polar surface area (TPSA) is 12.9 Å². The van der Waals surface area contributed by atoms with E-state index < -0.39 is 0 Å². The summed E-state index contributed by atoms with van der Waals surface area (Å²) < 4.78 is 0. The van der Waals surface area contributed by atoms with Crippen LogP contribution < -0.4 is 0 Å². The zero-order valence-corrected chi connectivity index (χ0v) is 20.0. The number of hydrogen-bond donors (Lipinski definition) is 0. The largest absolute Gasteiger partial charge is 0.248 e. The number of thioether (sulfide) groups is 1. The summed E-state index contributed by atoms with van der Waals surface area (Å²) in [6.07, 6.45) is 1.11. The molecule has 1 aromatic heterocycles. The number of fused-ring (bicyclic) bond motifs is 6. The predicted octanol–water partition coefficient (Wildman–Crippen LogP) is 8.32. The Labute approximate surface area is 195 Å². The van der Waals surface area contributed by atoms with E-state index in [2.05, 4.69) is 100 Å². The highest BCUT2D eigenvalue weighted by Crippen LogP contribution is 2.67. The molecule has 1 nitrogen and oxygen atoms in total. The summed E-state index contributed by atoms with van der Waals surface area (Å²) in [5, 5.41) is 1.73. The Morgan fingerprint density at radius 1 is 0.906 bits per heavy atom. The van der Waals surface area contributed by atoms with Gasteiger partial charge >= 0.3 is 0 Å². The molecule has 2 heteroatoms. The third kappa shape index (κ3) is 2.96. The van der Waals surface area contributed by atoms with Gasteiger partial charge in [0.25, 0.3) is 0 Å². The third-order valence-electron chi connectivity index (χ3n) is 7.31. The highest BCUT2D eigenvalue weighted by molar-refractivity contribution is 8.00. The van der Waals surface area contributed by atoms with Crippen molar-refractivity contribution in [3.63, 3.8) is 0 Å². The lowest BCUT2D eigenvalue weighted by atomic mass is 9.73. The molecule has 1 aliphatic heterocycles. The van der Waals surface area contributed by atoms with Crippen LogP contribution in [0, 0.1) is 5.92 Å². The SMILES string of the molecule is CC(C)Cc1ccc2nc(-c3cccc4c3C(C)(C)C3c5ccccc5SC43)ccc2c1. The minimum atomic E-state index is 0.0634. The molecule has 3 aromatic carbocycles. The predicted molar refractivity (Wildman–Crippen MR) is 137 cm³/mol. The van der Waals surface area contributed by atoms with Crippen molar-refractivity contribution in [1.82, 2.24) is 4.98 Å². The van der Waals surface area contributed by atoms with Crippen LogP contribution in [0.3, 0.4) is 0 Å². The fraction of sp³-hybridized carbons (Fsp3) is 0.300. The quantitative estimate of drug-likeness (QED) is 0.321. The van der Waals surface area contributed by atoms with Crippen molar-refractivity contribution in [2.24, 2.45) is 5.92 Å². The van der Waals surface area contributed by atoms with E-state index in [-0.39, 0.29) is 5.41 Å². The van der Waals surface area contributed by atoms with E-state index in [9.17, 15) is 0 Å². The Morgan fingerprint density at radius 3 is 2.56 bits per heavy atom. The summed E-state index contributed by atoms with van der Waals surface area (Å²) in [6, 6.07) is 27.1. The number of hydrogen-bond acceptors (Lipinski definition) is 2. The van der Waals surface area contributed by atoms with Crippen LogP contribution in [0.1, 0.15) is 61.1 Å². The Bertz CT molecular complexity index is 1350. The highest BCUT2D eigenvalue weighted by atomic mass is 32.2. The zero-order valence-electron chi connectivity index (χ0n) is 19.2. The van der Waals surface area contributed by atoms with Gasteiger partial charge in [0, 0.05) is 27.0 Å². The van der Waals surface area contributed by atoms with Gasteiger partial charge in [-0.2, -0.15) is 0 Å². The summed E-state index contributed by atoms with van der Waals surface area (Å²) >= 11 is 2.04. The summed E-state index contributed by atoms with van der Waals surface area (Å²) in [4.78, 5) is 6.59. The number of rotatable bonds is 3.